The molecule has 4 heteroatoms. The summed E-state index contributed by atoms with van der Waals surface area (Å²) in [5.41, 5.74) is 4.06. The Morgan fingerprint density at radius 3 is 2.10 bits per heavy atom. The van der Waals surface area contributed by atoms with Crippen molar-refractivity contribution in [2.45, 2.75) is 20.8 Å². The van der Waals surface area contributed by atoms with Gasteiger partial charge in [-0.15, -0.1) is 0 Å². The van der Waals surface area contributed by atoms with Crippen LogP contribution in [-0.4, -0.2) is 17.0 Å². The van der Waals surface area contributed by atoms with Crippen molar-refractivity contribution in [2.75, 3.05) is 5.32 Å². The van der Waals surface area contributed by atoms with Gasteiger partial charge in [0.25, 0.3) is 5.91 Å². The summed E-state index contributed by atoms with van der Waals surface area (Å²) in [6.45, 7) is 5.57. The van der Waals surface area contributed by atoms with E-state index >= 15 is 0 Å². The second kappa shape index (κ2) is 5.79. The molecule has 0 saturated heterocycles. The Balaban J connectivity index is 2.23. The van der Waals surface area contributed by atoms with Gasteiger partial charge in [-0.2, -0.15) is 0 Å². The number of hydrogen-bond acceptors (Lipinski definition) is 2. The predicted molar refractivity (Wildman–Crippen MR) is 82.0 cm³/mol. The quantitative estimate of drug-likeness (QED) is 0.905. The van der Waals surface area contributed by atoms with Gasteiger partial charge in [0.2, 0.25) is 0 Å². The number of hydrogen-bond donors (Lipinski definition) is 2. The lowest BCUT2D eigenvalue weighted by Gasteiger charge is -2.10. The van der Waals surface area contributed by atoms with Crippen LogP contribution in [0.15, 0.2) is 36.4 Å². The van der Waals surface area contributed by atoms with Crippen molar-refractivity contribution in [3.63, 3.8) is 0 Å². The zero-order valence-corrected chi connectivity index (χ0v) is 12.2. The molecule has 0 saturated carbocycles. The van der Waals surface area contributed by atoms with Gasteiger partial charge in [0.1, 0.15) is 0 Å². The number of carboxylic acids is 1. The lowest BCUT2D eigenvalue weighted by Crippen LogP contribution is -2.14. The number of nitrogens with one attached hydrogen (secondary N) is 1. The molecule has 0 aromatic heterocycles. The van der Waals surface area contributed by atoms with Crippen LogP contribution < -0.4 is 5.32 Å². The van der Waals surface area contributed by atoms with Crippen molar-refractivity contribution in [1.82, 2.24) is 0 Å². The van der Waals surface area contributed by atoms with Gasteiger partial charge in [0, 0.05) is 11.3 Å². The monoisotopic (exact) mass is 283 g/mol. The van der Waals surface area contributed by atoms with E-state index in [0.29, 0.717) is 16.8 Å². The molecule has 21 heavy (non-hydrogen) atoms. The average Bonchev–Trinajstić information content (AvgIpc) is 2.37. The number of aryl methyl sites for hydroxylation is 3. The van der Waals surface area contributed by atoms with Crippen molar-refractivity contribution in [1.29, 1.82) is 0 Å². The number of carbonyl (C=O) groups excluding carboxylic acids is 1. The van der Waals surface area contributed by atoms with Gasteiger partial charge >= 0.3 is 5.97 Å². The minimum atomic E-state index is -0.972. The average molecular weight is 283 g/mol. The normalized spacial score (nSPS) is 10.2. The summed E-state index contributed by atoms with van der Waals surface area (Å²) >= 11 is 0. The molecule has 0 aliphatic carbocycles. The van der Waals surface area contributed by atoms with Crippen molar-refractivity contribution in [2.24, 2.45) is 0 Å². The maximum atomic E-state index is 12.2. The Morgan fingerprint density at radius 2 is 1.52 bits per heavy atom. The van der Waals surface area contributed by atoms with E-state index in [1.807, 2.05) is 26.0 Å². The van der Waals surface area contributed by atoms with E-state index in [2.05, 4.69) is 5.32 Å². The maximum absolute atomic E-state index is 12.2. The molecule has 0 aliphatic heterocycles. The van der Waals surface area contributed by atoms with E-state index in [0.717, 1.165) is 11.1 Å². The first kappa shape index (κ1) is 14.8. The molecular formula is C17H17NO3. The Kier molecular flexibility index (Phi) is 4.08. The molecule has 4 nitrogen and oxygen atoms in total. The van der Waals surface area contributed by atoms with Crippen molar-refractivity contribution in [3.8, 4) is 0 Å². The molecule has 108 valence electrons. The number of anilines is 1. The van der Waals surface area contributed by atoms with Crippen molar-refractivity contribution >= 4 is 17.6 Å². The Morgan fingerprint density at radius 1 is 0.905 bits per heavy atom. The number of aromatic carboxylic acids is 1. The molecule has 2 aromatic rings. The van der Waals surface area contributed by atoms with Gasteiger partial charge in [-0.25, -0.2) is 4.79 Å². The second-order valence-electron chi connectivity index (χ2n) is 5.11. The Bertz CT molecular complexity index is 720. The number of amides is 1. The number of carboxylic acid groups (broad SMARTS) is 1. The largest absolute Gasteiger partial charge is 0.478 e. The van der Waals surface area contributed by atoms with Gasteiger partial charge in [0.05, 0.1) is 5.56 Å². The highest BCUT2D eigenvalue weighted by atomic mass is 16.4. The second-order valence-corrected chi connectivity index (χ2v) is 5.11. The highest BCUT2D eigenvalue weighted by Gasteiger charge is 2.11. The third-order valence-corrected chi connectivity index (χ3v) is 3.34. The zero-order chi connectivity index (χ0) is 15.6. The highest BCUT2D eigenvalue weighted by Crippen LogP contribution is 2.17. The van der Waals surface area contributed by atoms with Crippen LogP contribution in [-0.2, 0) is 0 Å². The van der Waals surface area contributed by atoms with Crippen LogP contribution in [0.2, 0.25) is 0 Å². The minimum Gasteiger partial charge on any atom is -0.478 e. The van der Waals surface area contributed by atoms with Gasteiger partial charge in [-0.05, 0) is 56.2 Å². The fourth-order valence-electron chi connectivity index (χ4n) is 2.25. The molecule has 0 radical (unpaired) electrons. The van der Waals surface area contributed by atoms with E-state index in [1.54, 1.807) is 25.1 Å². The zero-order valence-electron chi connectivity index (χ0n) is 12.2. The first-order valence-corrected chi connectivity index (χ1v) is 6.61. The fraction of sp³-hybridized carbons (Fsp3) is 0.176. The summed E-state index contributed by atoms with van der Waals surface area (Å²) in [5.74, 6) is -1.17. The first-order chi connectivity index (χ1) is 9.88. The molecule has 0 heterocycles. The van der Waals surface area contributed by atoms with Gasteiger partial charge in [0.15, 0.2) is 0 Å². The Hall–Kier alpha value is -2.62. The maximum Gasteiger partial charge on any atom is 0.335 e. The third kappa shape index (κ3) is 3.28. The molecule has 0 aliphatic rings. The van der Waals surface area contributed by atoms with Gasteiger partial charge in [-0.3, -0.25) is 4.79 Å². The van der Waals surface area contributed by atoms with Crippen LogP contribution in [0, 0.1) is 20.8 Å². The number of rotatable bonds is 3. The van der Waals surface area contributed by atoms with Gasteiger partial charge in [-0.1, -0.05) is 17.7 Å². The van der Waals surface area contributed by atoms with Crippen LogP contribution in [0.1, 0.15) is 37.4 Å². The standard InChI is InChI=1S/C17H17NO3/c1-10-4-6-14(11(2)8-10)16(19)18-13-5-7-15(17(20)21)12(3)9-13/h4-9H,1-3H3,(H,18,19)(H,20,21). The van der Waals surface area contributed by atoms with Crippen LogP contribution in [0.25, 0.3) is 0 Å². The van der Waals surface area contributed by atoms with Crippen LogP contribution in [0.5, 0.6) is 0 Å². The molecule has 0 fully saturated rings. The summed E-state index contributed by atoms with van der Waals surface area (Å²) in [7, 11) is 0. The molecular weight excluding hydrogens is 266 g/mol. The number of carbonyl (C=O) groups is 2. The lowest BCUT2D eigenvalue weighted by molar-refractivity contribution is 0.0696. The summed E-state index contributed by atoms with van der Waals surface area (Å²) in [4.78, 5) is 23.2. The third-order valence-electron chi connectivity index (χ3n) is 3.34. The minimum absolute atomic E-state index is 0.199. The van der Waals surface area contributed by atoms with Crippen LogP contribution in [0.4, 0.5) is 5.69 Å². The van der Waals surface area contributed by atoms with Crippen molar-refractivity contribution < 1.29 is 14.7 Å². The fourth-order valence-corrected chi connectivity index (χ4v) is 2.25. The lowest BCUT2D eigenvalue weighted by atomic mass is 10.0. The molecule has 0 unspecified atom stereocenters. The van der Waals surface area contributed by atoms with Gasteiger partial charge < -0.3 is 10.4 Å². The first-order valence-electron chi connectivity index (χ1n) is 6.61. The predicted octanol–water partition coefficient (Wildman–Crippen LogP) is 3.56. The van der Waals surface area contributed by atoms with E-state index < -0.39 is 5.97 Å². The van der Waals surface area contributed by atoms with Crippen LogP contribution in [0.3, 0.4) is 0 Å². The molecule has 0 atom stereocenters. The van der Waals surface area contributed by atoms with E-state index in [4.69, 9.17) is 5.11 Å². The SMILES string of the molecule is Cc1ccc(C(=O)Nc2ccc(C(=O)O)c(C)c2)c(C)c1. The highest BCUT2D eigenvalue weighted by molar-refractivity contribution is 6.05. The van der Waals surface area contributed by atoms with E-state index in [-0.39, 0.29) is 11.5 Å². The molecule has 0 spiro atoms. The topological polar surface area (TPSA) is 66.4 Å². The summed E-state index contributed by atoms with van der Waals surface area (Å²) < 4.78 is 0. The van der Waals surface area contributed by atoms with Crippen LogP contribution >= 0.6 is 0 Å². The van der Waals surface area contributed by atoms with Crippen molar-refractivity contribution in [3.05, 3.63) is 64.2 Å². The molecule has 0 bridgehead atoms. The summed E-state index contributed by atoms with van der Waals surface area (Å²) in [6, 6.07) is 10.4. The molecule has 2 N–H and O–H groups in total. The summed E-state index contributed by atoms with van der Waals surface area (Å²) in [6.07, 6.45) is 0. The Labute approximate surface area is 123 Å². The molecule has 2 rings (SSSR count). The van der Waals surface area contributed by atoms with E-state index in [9.17, 15) is 9.59 Å². The molecule has 1 amide bonds. The van der Waals surface area contributed by atoms with E-state index in [1.165, 1.54) is 6.07 Å². The summed E-state index contributed by atoms with van der Waals surface area (Å²) in [5, 5.41) is 11.8. The smallest absolute Gasteiger partial charge is 0.335 e. The molecule has 2 aromatic carbocycles. The number of benzene rings is 2.